The van der Waals surface area contributed by atoms with Gasteiger partial charge in [0.05, 0.1) is 17.9 Å². The van der Waals surface area contributed by atoms with Crippen LogP contribution in [0.4, 0.5) is 0 Å². The predicted octanol–water partition coefficient (Wildman–Crippen LogP) is 2.84. The third-order valence-corrected chi connectivity index (χ3v) is 4.70. The van der Waals surface area contributed by atoms with E-state index in [9.17, 15) is 4.79 Å². The van der Waals surface area contributed by atoms with Gasteiger partial charge < -0.3 is 9.64 Å². The third-order valence-electron chi connectivity index (χ3n) is 4.70. The van der Waals surface area contributed by atoms with E-state index in [4.69, 9.17) is 4.74 Å². The van der Waals surface area contributed by atoms with E-state index in [1.165, 1.54) is 6.42 Å². The van der Waals surface area contributed by atoms with Crippen molar-refractivity contribution in [2.24, 2.45) is 0 Å². The molecule has 5 heteroatoms. The minimum Gasteiger partial charge on any atom is -0.369 e. The number of carbonyl (C=O) groups excluding carboxylic acids is 1. The number of carbonyl (C=O) groups is 1. The van der Waals surface area contributed by atoms with E-state index >= 15 is 0 Å². The number of nitrogens with zero attached hydrogens (tertiary/aromatic N) is 2. The van der Waals surface area contributed by atoms with Gasteiger partial charge in [-0.3, -0.25) is 9.89 Å². The number of aromatic nitrogens is 2. The highest BCUT2D eigenvalue weighted by Gasteiger charge is 2.36. The molecular weight excluding hydrogens is 266 g/mol. The Balaban J connectivity index is 1.91. The molecular formula is C16H25N3O2. The second kappa shape index (κ2) is 5.44. The van der Waals surface area contributed by atoms with Crippen LogP contribution in [-0.2, 0) is 11.2 Å². The van der Waals surface area contributed by atoms with Crippen molar-refractivity contribution >= 4 is 5.91 Å². The number of rotatable bonds is 3. The van der Waals surface area contributed by atoms with Gasteiger partial charge in [0.1, 0.15) is 0 Å². The summed E-state index contributed by atoms with van der Waals surface area (Å²) in [5, 5.41) is 7.35. The second-order valence-electron chi connectivity index (χ2n) is 6.65. The Labute approximate surface area is 126 Å². The summed E-state index contributed by atoms with van der Waals surface area (Å²) in [6, 6.07) is 0.601. The molecule has 1 aromatic rings. The van der Waals surface area contributed by atoms with E-state index in [-0.39, 0.29) is 24.2 Å². The molecule has 0 bridgehead atoms. The normalized spacial score (nSPS) is 25.6. The summed E-state index contributed by atoms with van der Waals surface area (Å²) in [5.74, 6) is 0.0773. The highest BCUT2D eigenvalue weighted by atomic mass is 16.5. The number of ether oxygens (including phenoxy) is 1. The first kappa shape index (κ1) is 14.6. The average molecular weight is 291 g/mol. The summed E-state index contributed by atoms with van der Waals surface area (Å²) in [7, 11) is 0. The fraction of sp³-hybridized carbons (Fsp3) is 0.750. The molecule has 5 nitrogen and oxygen atoms in total. The lowest BCUT2D eigenvalue weighted by Crippen LogP contribution is -2.48. The van der Waals surface area contributed by atoms with Crippen LogP contribution in [-0.4, -0.2) is 39.2 Å². The number of fused-ring (bicyclic) bond motifs is 1. The topological polar surface area (TPSA) is 58.2 Å². The van der Waals surface area contributed by atoms with Crippen molar-refractivity contribution in [2.45, 2.75) is 77.7 Å². The Bertz CT molecular complexity index is 534. The SMILES string of the molecule is CC(C)N(C(=O)c1n[nH]c2c1C[C@H](C)O[C@@H]2C)C1CCC1. The van der Waals surface area contributed by atoms with E-state index in [2.05, 4.69) is 24.0 Å². The van der Waals surface area contributed by atoms with Gasteiger partial charge in [-0.2, -0.15) is 5.10 Å². The van der Waals surface area contributed by atoms with Crippen LogP contribution in [0.1, 0.15) is 74.8 Å². The minimum atomic E-state index is -0.0194. The van der Waals surface area contributed by atoms with Crippen LogP contribution in [0.3, 0.4) is 0 Å². The van der Waals surface area contributed by atoms with Crippen LogP contribution in [0.15, 0.2) is 0 Å². The zero-order valence-electron chi connectivity index (χ0n) is 13.3. The average Bonchev–Trinajstić information content (AvgIpc) is 2.76. The molecule has 0 saturated heterocycles. The molecule has 0 radical (unpaired) electrons. The molecule has 116 valence electrons. The Morgan fingerprint density at radius 1 is 1.38 bits per heavy atom. The van der Waals surface area contributed by atoms with Crippen molar-refractivity contribution < 1.29 is 9.53 Å². The van der Waals surface area contributed by atoms with Crippen LogP contribution >= 0.6 is 0 Å². The summed E-state index contributed by atoms with van der Waals surface area (Å²) < 4.78 is 5.80. The van der Waals surface area contributed by atoms with Crippen molar-refractivity contribution in [3.8, 4) is 0 Å². The molecule has 1 saturated carbocycles. The van der Waals surface area contributed by atoms with Crippen molar-refractivity contribution in [2.75, 3.05) is 0 Å². The lowest BCUT2D eigenvalue weighted by molar-refractivity contribution is -0.00708. The monoisotopic (exact) mass is 291 g/mol. The van der Waals surface area contributed by atoms with E-state index in [1.807, 2.05) is 18.7 Å². The Hall–Kier alpha value is -1.36. The first-order valence-corrected chi connectivity index (χ1v) is 8.04. The quantitative estimate of drug-likeness (QED) is 0.931. The molecule has 0 spiro atoms. The van der Waals surface area contributed by atoms with Gasteiger partial charge in [0.15, 0.2) is 5.69 Å². The maximum atomic E-state index is 13.0. The van der Waals surface area contributed by atoms with Gasteiger partial charge in [-0.1, -0.05) is 0 Å². The standard InChI is InChI=1S/C16H25N3O2/c1-9(2)19(12-6-5-7-12)16(20)15-13-8-10(3)21-11(4)14(13)17-18-15/h9-12H,5-8H2,1-4H3,(H,17,18)/t10-,11+/m0/s1. The van der Waals surface area contributed by atoms with Gasteiger partial charge in [-0.25, -0.2) is 0 Å². The highest BCUT2D eigenvalue weighted by molar-refractivity contribution is 5.94. The molecule has 2 aliphatic rings. The molecule has 21 heavy (non-hydrogen) atoms. The molecule has 3 rings (SSSR count). The van der Waals surface area contributed by atoms with Gasteiger partial charge in [0.25, 0.3) is 5.91 Å². The maximum absolute atomic E-state index is 13.0. The number of hydrogen-bond donors (Lipinski definition) is 1. The van der Waals surface area contributed by atoms with Crippen molar-refractivity contribution in [1.82, 2.24) is 15.1 Å². The summed E-state index contributed by atoms with van der Waals surface area (Å²) >= 11 is 0. The fourth-order valence-electron chi connectivity index (χ4n) is 3.46. The predicted molar refractivity (Wildman–Crippen MR) is 80.2 cm³/mol. The maximum Gasteiger partial charge on any atom is 0.275 e. The smallest absolute Gasteiger partial charge is 0.275 e. The number of hydrogen-bond acceptors (Lipinski definition) is 3. The summed E-state index contributed by atoms with van der Waals surface area (Å²) in [4.78, 5) is 15.0. The molecule has 1 fully saturated rings. The number of aromatic amines is 1. The van der Waals surface area contributed by atoms with Crippen molar-refractivity contribution in [3.05, 3.63) is 17.0 Å². The zero-order valence-corrected chi connectivity index (χ0v) is 13.3. The molecule has 0 aromatic carbocycles. The molecule has 1 aromatic heterocycles. The summed E-state index contributed by atoms with van der Waals surface area (Å²) in [6.45, 7) is 8.23. The van der Waals surface area contributed by atoms with E-state index in [0.29, 0.717) is 11.7 Å². The van der Waals surface area contributed by atoms with Gasteiger partial charge in [0.2, 0.25) is 0 Å². The molecule has 2 atom stereocenters. The molecule has 1 aliphatic heterocycles. The van der Waals surface area contributed by atoms with Crippen molar-refractivity contribution in [1.29, 1.82) is 0 Å². The molecule has 1 N–H and O–H groups in total. The second-order valence-corrected chi connectivity index (χ2v) is 6.65. The Morgan fingerprint density at radius 3 is 2.67 bits per heavy atom. The van der Waals surface area contributed by atoms with Crippen LogP contribution in [0.5, 0.6) is 0 Å². The third kappa shape index (κ3) is 2.48. The lowest BCUT2D eigenvalue weighted by atomic mass is 9.89. The van der Waals surface area contributed by atoms with Crippen LogP contribution in [0.2, 0.25) is 0 Å². The van der Waals surface area contributed by atoms with E-state index in [1.54, 1.807) is 0 Å². The van der Waals surface area contributed by atoms with Gasteiger partial charge in [-0.05, 0) is 47.0 Å². The molecule has 2 heterocycles. The summed E-state index contributed by atoms with van der Waals surface area (Å²) in [6.07, 6.45) is 4.33. The van der Waals surface area contributed by atoms with E-state index in [0.717, 1.165) is 30.5 Å². The highest BCUT2D eigenvalue weighted by Crippen LogP contribution is 2.33. The Morgan fingerprint density at radius 2 is 2.10 bits per heavy atom. The number of amides is 1. The van der Waals surface area contributed by atoms with Gasteiger partial charge in [-0.15, -0.1) is 0 Å². The van der Waals surface area contributed by atoms with Crippen LogP contribution in [0.25, 0.3) is 0 Å². The van der Waals surface area contributed by atoms with Gasteiger partial charge >= 0.3 is 0 Å². The first-order valence-electron chi connectivity index (χ1n) is 8.04. The van der Waals surface area contributed by atoms with Crippen LogP contribution < -0.4 is 0 Å². The van der Waals surface area contributed by atoms with Gasteiger partial charge in [0, 0.05) is 24.1 Å². The fourth-order valence-corrected chi connectivity index (χ4v) is 3.46. The zero-order chi connectivity index (χ0) is 15.1. The van der Waals surface area contributed by atoms with E-state index < -0.39 is 0 Å². The largest absolute Gasteiger partial charge is 0.369 e. The Kier molecular flexibility index (Phi) is 3.78. The number of nitrogens with one attached hydrogen (secondary N) is 1. The lowest BCUT2D eigenvalue weighted by Gasteiger charge is -2.40. The van der Waals surface area contributed by atoms with Crippen molar-refractivity contribution in [3.63, 3.8) is 0 Å². The minimum absolute atomic E-state index is 0.0194. The van der Waals surface area contributed by atoms with Crippen LogP contribution in [0, 0.1) is 0 Å². The molecule has 1 amide bonds. The molecule has 1 aliphatic carbocycles. The number of H-pyrrole nitrogens is 1. The summed E-state index contributed by atoms with van der Waals surface area (Å²) in [5.41, 5.74) is 2.62. The first-order chi connectivity index (χ1) is 9.99. The molecule has 0 unspecified atom stereocenters.